The molecule has 3 nitrogen and oxygen atoms in total. The molecule has 1 aliphatic rings. The van der Waals surface area contributed by atoms with Crippen molar-refractivity contribution in [3.8, 4) is 11.4 Å². The molecule has 0 aliphatic heterocycles. The fraction of sp³-hybridized carbons (Fsp3) is 0.273. The van der Waals surface area contributed by atoms with Crippen LogP contribution in [0.25, 0.3) is 11.4 Å². The first-order valence-corrected chi connectivity index (χ1v) is 5.39. The van der Waals surface area contributed by atoms with E-state index in [1.165, 1.54) is 12.8 Å². The maximum absolute atomic E-state index is 5.82. The van der Waals surface area contributed by atoms with Gasteiger partial charge < -0.3 is 0 Å². The van der Waals surface area contributed by atoms with Crippen molar-refractivity contribution in [2.24, 2.45) is 0 Å². The largest absolute Gasteiger partial charge is 0.262 e. The lowest BCUT2D eigenvalue weighted by Crippen LogP contribution is -1.82. The lowest BCUT2D eigenvalue weighted by Gasteiger charge is -1.93. The predicted octanol–water partition coefficient (Wildman–Crippen LogP) is 3.00. The Bertz CT molecular complexity index is 471. The molecule has 4 heteroatoms. The summed E-state index contributed by atoms with van der Waals surface area (Å²) in [6.45, 7) is 0. The van der Waals surface area contributed by atoms with Gasteiger partial charge in [-0.1, -0.05) is 11.6 Å². The van der Waals surface area contributed by atoms with Gasteiger partial charge in [0.25, 0.3) is 0 Å². The second-order valence-corrected chi connectivity index (χ2v) is 4.26. The van der Waals surface area contributed by atoms with Crippen LogP contribution in [0.2, 0.25) is 5.02 Å². The van der Waals surface area contributed by atoms with E-state index in [1.807, 2.05) is 24.3 Å². The Morgan fingerprint density at radius 3 is 2.60 bits per heavy atom. The molecule has 1 N–H and O–H groups in total. The van der Waals surface area contributed by atoms with Crippen molar-refractivity contribution in [1.82, 2.24) is 15.2 Å². The number of hydrogen-bond acceptors (Lipinski definition) is 2. The fourth-order valence-corrected chi connectivity index (χ4v) is 1.67. The number of nitrogens with zero attached hydrogens (tertiary/aromatic N) is 2. The van der Waals surface area contributed by atoms with Gasteiger partial charge in [-0.15, -0.1) is 0 Å². The Morgan fingerprint density at radius 1 is 1.20 bits per heavy atom. The summed E-state index contributed by atoms with van der Waals surface area (Å²) in [5, 5.41) is 7.92. The fourth-order valence-electron chi connectivity index (χ4n) is 1.54. The summed E-state index contributed by atoms with van der Waals surface area (Å²) in [7, 11) is 0. The van der Waals surface area contributed by atoms with Crippen molar-refractivity contribution in [1.29, 1.82) is 0 Å². The molecule has 0 amide bonds. The summed E-state index contributed by atoms with van der Waals surface area (Å²) in [5.41, 5.74) is 1.00. The van der Waals surface area contributed by atoms with Gasteiger partial charge in [0.05, 0.1) is 0 Å². The number of nitrogens with one attached hydrogen (secondary N) is 1. The molecule has 1 heterocycles. The van der Waals surface area contributed by atoms with E-state index in [2.05, 4.69) is 15.2 Å². The number of aromatic amines is 1. The highest BCUT2D eigenvalue weighted by molar-refractivity contribution is 6.30. The average Bonchev–Trinajstić information content (AvgIpc) is 2.99. The molecule has 1 fully saturated rings. The van der Waals surface area contributed by atoms with Crippen molar-refractivity contribution in [3.63, 3.8) is 0 Å². The zero-order chi connectivity index (χ0) is 10.3. The zero-order valence-corrected chi connectivity index (χ0v) is 8.83. The first kappa shape index (κ1) is 8.92. The third kappa shape index (κ3) is 1.75. The van der Waals surface area contributed by atoms with Crippen molar-refractivity contribution < 1.29 is 0 Å². The molecule has 1 aliphatic carbocycles. The maximum atomic E-state index is 5.82. The van der Waals surface area contributed by atoms with Crippen molar-refractivity contribution in [3.05, 3.63) is 35.1 Å². The minimum Gasteiger partial charge on any atom is -0.262 e. The van der Waals surface area contributed by atoms with Crippen LogP contribution in [0.15, 0.2) is 24.3 Å². The molecule has 3 rings (SSSR count). The smallest absolute Gasteiger partial charge is 0.181 e. The molecule has 0 radical (unpaired) electrons. The molecule has 0 saturated heterocycles. The van der Waals surface area contributed by atoms with E-state index in [9.17, 15) is 0 Å². The van der Waals surface area contributed by atoms with Crippen LogP contribution in [-0.2, 0) is 0 Å². The van der Waals surface area contributed by atoms with Gasteiger partial charge in [0, 0.05) is 16.5 Å². The summed E-state index contributed by atoms with van der Waals surface area (Å²) in [4.78, 5) is 4.46. The normalized spacial score (nSPS) is 15.5. The van der Waals surface area contributed by atoms with Gasteiger partial charge in [0.1, 0.15) is 5.82 Å². The molecule has 1 saturated carbocycles. The van der Waals surface area contributed by atoms with Crippen LogP contribution in [0.5, 0.6) is 0 Å². The van der Waals surface area contributed by atoms with Gasteiger partial charge in [-0.2, -0.15) is 5.10 Å². The van der Waals surface area contributed by atoms with Crippen LogP contribution in [0, 0.1) is 0 Å². The number of aromatic nitrogens is 3. The van der Waals surface area contributed by atoms with Gasteiger partial charge in [-0.3, -0.25) is 5.10 Å². The topological polar surface area (TPSA) is 41.6 Å². The highest BCUT2D eigenvalue weighted by Crippen LogP contribution is 2.38. The molecular weight excluding hydrogens is 210 g/mol. The second-order valence-electron chi connectivity index (χ2n) is 3.83. The standard InChI is InChI=1S/C11H10ClN3/c12-9-5-3-8(4-6-9)11-13-10(14-15-11)7-1-2-7/h3-7H,1-2H2,(H,13,14,15). The maximum Gasteiger partial charge on any atom is 0.181 e. The number of rotatable bonds is 2. The van der Waals surface area contributed by atoms with E-state index in [-0.39, 0.29) is 0 Å². The van der Waals surface area contributed by atoms with Crippen LogP contribution >= 0.6 is 11.6 Å². The average molecular weight is 220 g/mol. The van der Waals surface area contributed by atoms with Gasteiger partial charge in [0.15, 0.2) is 5.82 Å². The molecule has 1 aromatic carbocycles. The van der Waals surface area contributed by atoms with Crippen molar-refractivity contribution in [2.45, 2.75) is 18.8 Å². The van der Waals surface area contributed by atoms with Gasteiger partial charge in [-0.25, -0.2) is 4.98 Å². The molecule has 0 atom stereocenters. The number of benzene rings is 1. The highest BCUT2D eigenvalue weighted by atomic mass is 35.5. The number of hydrogen-bond donors (Lipinski definition) is 1. The van der Waals surface area contributed by atoms with E-state index in [0.717, 1.165) is 22.2 Å². The summed E-state index contributed by atoms with van der Waals surface area (Å²) < 4.78 is 0. The lowest BCUT2D eigenvalue weighted by molar-refractivity contribution is 0.935. The molecule has 0 unspecified atom stereocenters. The number of H-pyrrole nitrogens is 1. The molecule has 76 valence electrons. The summed E-state index contributed by atoms with van der Waals surface area (Å²) in [6.07, 6.45) is 2.46. The van der Waals surface area contributed by atoms with Gasteiger partial charge in [-0.05, 0) is 37.1 Å². The van der Waals surface area contributed by atoms with E-state index in [0.29, 0.717) is 5.92 Å². The third-order valence-corrected chi connectivity index (χ3v) is 2.82. The van der Waals surface area contributed by atoms with Crippen LogP contribution in [0.4, 0.5) is 0 Å². The Balaban J connectivity index is 1.93. The second kappa shape index (κ2) is 3.35. The van der Waals surface area contributed by atoms with E-state index in [4.69, 9.17) is 11.6 Å². The van der Waals surface area contributed by atoms with Crippen LogP contribution in [0.1, 0.15) is 24.6 Å². The molecule has 0 bridgehead atoms. The summed E-state index contributed by atoms with van der Waals surface area (Å²) >= 11 is 5.82. The van der Waals surface area contributed by atoms with Crippen LogP contribution in [-0.4, -0.2) is 15.2 Å². The highest BCUT2D eigenvalue weighted by Gasteiger charge is 2.27. The SMILES string of the molecule is Clc1ccc(-c2n[nH]c(C3CC3)n2)cc1. The molecule has 15 heavy (non-hydrogen) atoms. The Kier molecular flexibility index (Phi) is 1.99. The summed E-state index contributed by atoms with van der Waals surface area (Å²) in [6, 6.07) is 7.57. The molecular formula is C11H10ClN3. The third-order valence-electron chi connectivity index (χ3n) is 2.57. The minimum atomic E-state index is 0.610. The quantitative estimate of drug-likeness (QED) is 0.844. The Hall–Kier alpha value is -1.35. The molecule has 2 aromatic rings. The van der Waals surface area contributed by atoms with Gasteiger partial charge >= 0.3 is 0 Å². The van der Waals surface area contributed by atoms with Crippen molar-refractivity contribution in [2.75, 3.05) is 0 Å². The van der Waals surface area contributed by atoms with Crippen LogP contribution in [0.3, 0.4) is 0 Å². The Labute approximate surface area is 92.5 Å². The van der Waals surface area contributed by atoms with E-state index >= 15 is 0 Å². The monoisotopic (exact) mass is 219 g/mol. The van der Waals surface area contributed by atoms with Crippen LogP contribution < -0.4 is 0 Å². The molecule has 1 aromatic heterocycles. The first-order chi connectivity index (χ1) is 7.33. The van der Waals surface area contributed by atoms with Crippen molar-refractivity contribution >= 4 is 11.6 Å². The lowest BCUT2D eigenvalue weighted by atomic mass is 10.2. The number of halogens is 1. The Morgan fingerprint density at radius 2 is 1.93 bits per heavy atom. The predicted molar refractivity (Wildman–Crippen MR) is 58.8 cm³/mol. The van der Waals surface area contributed by atoms with Gasteiger partial charge in [0.2, 0.25) is 0 Å². The minimum absolute atomic E-state index is 0.610. The zero-order valence-electron chi connectivity index (χ0n) is 8.07. The summed E-state index contributed by atoms with van der Waals surface area (Å²) in [5.74, 6) is 2.38. The first-order valence-electron chi connectivity index (χ1n) is 5.01. The molecule has 0 spiro atoms. The van der Waals surface area contributed by atoms with E-state index in [1.54, 1.807) is 0 Å². The van der Waals surface area contributed by atoms with E-state index < -0.39 is 0 Å².